The Morgan fingerprint density at radius 2 is 1.48 bits per heavy atom. The van der Waals surface area contributed by atoms with Crippen molar-refractivity contribution in [3.05, 3.63) is 48.5 Å². The molecule has 0 atom stereocenters. The third-order valence-corrected chi connectivity index (χ3v) is 7.88. The summed E-state index contributed by atoms with van der Waals surface area (Å²) in [4.78, 5) is -1.61. The normalized spacial score (nSPS) is 13.2. The predicted octanol–water partition coefficient (Wildman–Crippen LogP) is 1.02. The molecule has 31 heavy (non-hydrogen) atoms. The molecule has 0 heterocycles. The zero-order valence-corrected chi connectivity index (χ0v) is 18.6. The molecule has 164 valence electrons. The van der Waals surface area contributed by atoms with Gasteiger partial charge in [0.2, 0.25) is 0 Å². The number of hydrogen-bond acceptors (Lipinski definition) is 8. The molecule has 0 bridgehead atoms. The first kappa shape index (κ1) is 23.1. The number of nitrogens with zero attached hydrogens (tertiary/aromatic N) is 2. The summed E-state index contributed by atoms with van der Waals surface area (Å²) >= 11 is -5.41. The summed E-state index contributed by atoms with van der Waals surface area (Å²) in [7, 11) is -9.65. The molecule has 15 heteroatoms. The van der Waals surface area contributed by atoms with Crippen LogP contribution in [-0.4, -0.2) is 53.4 Å². The Kier molecular flexibility index (Phi) is 5.84. The van der Waals surface area contributed by atoms with Gasteiger partial charge in [-0.1, -0.05) is 0 Å². The predicted molar refractivity (Wildman–Crippen MR) is 106 cm³/mol. The van der Waals surface area contributed by atoms with E-state index in [9.17, 15) is 43.0 Å². The second kappa shape index (κ2) is 7.84. The van der Waals surface area contributed by atoms with Crippen molar-refractivity contribution in [3.8, 4) is 5.75 Å². The van der Waals surface area contributed by atoms with Crippen LogP contribution in [0.1, 0.15) is 0 Å². The fourth-order valence-corrected chi connectivity index (χ4v) is 5.28. The quantitative estimate of drug-likeness (QED) is 0.179. The Morgan fingerprint density at radius 3 is 2.06 bits per heavy atom. The van der Waals surface area contributed by atoms with Gasteiger partial charge in [-0.2, -0.15) is 0 Å². The van der Waals surface area contributed by atoms with Crippen LogP contribution in [0, 0.1) is 0 Å². The zero-order valence-electron chi connectivity index (χ0n) is 15.1. The Bertz CT molecular complexity index is 1490. The molecule has 0 aliphatic carbocycles. The van der Waals surface area contributed by atoms with Crippen molar-refractivity contribution in [2.45, 2.75) is 9.79 Å². The molecule has 0 aliphatic rings. The van der Waals surface area contributed by atoms with Crippen LogP contribution in [0.5, 0.6) is 5.75 Å². The van der Waals surface area contributed by atoms with E-state index < -0.39 is 60.0 Å². The van der Waals surface area contributed by atoms with Crippen molar-refractivity contribution >= 4 is 60.9 Å². The van der Waals surface area contributed by atoms with Gasteiger partial charge in [-0.25, -0.2) is 0 Å². The first-order chi connectivity index (χ1) is 14.2. The summed E-state index contributed by atoms with van der Waals surface area (Å²) in [6.45, 7) is 0. The maximum absolute atomic E-state index is 11.7. The second-order valence-electron chi connectivity index (χ2n) is 6.14. The Labute approximate surface area is 178 Å². The summed E-state index contributed by atoms with van der Waals surface area (Å²) in [6, 6.07) is 8.81. The molecule has 3 aromatic carbocycles. The van der Waals surface area contributed by atoms with E-state index in [0.717, 1.165) is 30.3 Å². The van der Waals surface area contributed by atoms with Gasteiger partial charge in [0.05, 0.1) is 0 Å². The van der Waals surface area contributed by atoms with E-state index >= 15 is 0 Å². The number of azo groups is 1. The standard InChI is InChI=1S/C16H13AsN2O10S2/c20-16-14(31(27,28)29)8-9-7-10(30(24,25)26)5-6-11(9)15(16)19-18-13-4-2-1-3-12(13)17(21,22)23/h1-8,20H,(H2,21,22,23)(H,24,25,26)(H,27,28,29). The molecule has 0 aliphatic heterocycles. The molecule has 0 saturated carbocycles. The summed E-state index contributed by atoms with van der Waals surface area (Å²) < 4.78 is 94.8. The molecule has 3 aromatic rings. The van der Waals surface area contributed by atoms with Gasteiger partial charge in [0.1, 0.15) is 0 Å². The van der Waals surface area contributed by atoms with Crippen LogP contribution >= 0.6 is 0 Å². The van der Waals surface area contributed by atoms with Crippen molar-refractivity contribution in [2.24, 2.45) is 10.2 Å². The number of fused-ring (bicyclic) bond motifs is 1. The Morgan fingerprint density at radius 1 is 0.839 bits per heavy atom. The molecule has 0 saturated heterocycles. The first-order valence-electron chi connectivity index (χ1n) is 8.01. The van der Waals surface area contributed by atoms with E-state index in [-0.39, 0.29) is 16.5 Å². The van der Waals surface area contributed by atoms with Gasteiger partial charge in [-0.3, -0.25) is 0 Å². The van der Waals surface area contributed by atoms with Crippen LogP contribution < -0.4 is 4.35 Å². The van der Waals surface area contributed by atoms with Gasteiger partial charge in [-0.05, 0) is 0 Å². The summed E-state index contributed by atoms with van der Waals surface area (Å²) in [5.41, 5.74) is -0.783. The molecule has 0 radical (unpaired) electrons. The van der Waals surface area contributed by atoms with Crippen LogP contribution in [0.15, 0.2) is 68.6 Å². The van der Waals surface area contributed by atoms with Gasteiger partial charge in [-0.15, -0.1) is 0 Å². The van der Waals surface area contributed by atoms with Gasteiger partial charge >= 0.3 is 178 Å². The number of phenolic OH excluding ortho intramolecular Hbond substituents is 1. The average Bonchev–Trinajstić information content (AvgIpc) is 2.64. The minimum atomic E-state index is -5.41. The SMILES string of the molecule is O=S(=O)(O)c1ccc2c(N=Nc3ccccc3[As](=O)(O)O)c(O)c(S(=O)(=O)O)cc2c1. The molecule has 5 N–H and O–H groups in total. The van der Waals surface area contributed by atoms with E-state index in [1.807, 2.05) is 0 Å². The molecule has 12 nitrogen and oxygen atoms in total. The number of rotatable bonds is 5. The van der Waals surface area contributed by atoms with E-state index in [1.165, 1.54) is 18.2 Å². The summed E-state index contributed by atoms with van der Waals surface area (Å²) in [6.07, 6.45) is 0. The molecule has 0 aromatic heterocycles. The van der Waals surface area contributed by atoms with E-state index in [4.69, 9.17) is 0 Å². The van der Waals surface area contributed by atoms with E-state index in [0.29, 0.717) is 0 Å². The first-order valence-corrected chi connectivity index (χ1v) is 14.3. The van der Waals surface area contributed by atoms with Crippen LogP contribution in [-0.2, 0) is 24.0 Å². The maximum atomic E-state index is 11.7. The van der Waals surface area contributed by atoms with Crippen molar-refractivity contribution in [1.82, 2.24) is 0 Å². The van der Waals surface area contributed by atoms with Crippen LogP contribution in [0.4, 0.5) is 11.4 Å². The Hall–Kier alpha value is -2.58. The van der Waals surface area contributed by atoms with Gasteiger partial charge < -0.3 is 0 Å². The van der Waals surface area contributed by atoms with Gasteiger partial charge in [0, 0.05) is 0 Å². The van der Waals surface area contributed by atoms with E-state index in [1.54, 1.807) is 0 Å². The van der Waals surface area contributed by atoms with Gasteiger partial charge in [0.25, 0.3) is 0 Å². The third kappa shape index (κ3) is 4.85. The molecule has 0 unspecified atom stereocenters. The van der Waals surface area contributed by atoms with Crippen LogP contribution in [0.3, 0.4) is 0 Å². The fraction of sp³-hybridized carbons (Fsp3) is 0. The molecule has 3 rings (SSSR count). The zero-order chi connectivity index (χ0) is 23.2. The summed E-state index contributed by atoms with van der Waals surface area (Å²) in [5, 5.41) is 17.6. The minimum absolute atomic E-state index is 0.0277. The topological polar surface area (TPSA) is 211 Å². The number of benzene rings is 3. The van der Waals surface area contributed by atoms with Gasteiger partial charge in [0.15, 0.2) is 0 Å². The number of hydrogen-bond donors (Lipinski definition) is 5. The average molecular weight is 532 g/mol. The van der Waals surface area contributed by atoms with Crippen LogP contribution in [0.25, 0.3) is 10.8 Å². The third-order valence-electron chi connectivity index (χ3n) is 4.05. The number of phenols is 1. The van der Waals surface area contributed by atoms with Crippen molar-refractivity contribution in [1.29, 1.82) is 0 Å². The fourth-order valence-electron chi connectivity index (χ4n) is 2.69. The molecule has 0 fully saturated rings. The van der Waals surface area contributed by atoms with Crippen molar-refractivity contribution in [3.63, 3.8) is 0 Å². The Balaban J connectivity index is 2.33. The molecule has 0 spiro atoms. The molecular formula is C16H13AsN2O10S2. The monoisotopic (exact) mass is 532 g/mol. The van der Waals surface area contributed by atoms with Crippen LogP contribution in [0.2, 0.25) is 0 Å². The summed E-state index contributed by atoms with van der Waals surface area (Å²) in [5.74, 6) is -1.03. The van der Waals surface area contributed by atoms with Crippen molar-refractivity contribution < 1.29 is 43.0 Å². The number of aromatic hydroxyl groups is 1. The second-order valence-corrected chi connectivity index (χ2v) is 12.2. The molecule has 0 amide bonds. The molecular weight excluding hydrogens is 519 g/mol. The van der Waals surface area contributed by atoms with E-state index in [2.05, 4.69) is 10.2 Å². The van der Waals surface area contributed by atoms with Crippen molar-refractivity contribution in [2.75, 3.05) is 0 Å².